The zero-order valence-corrected chi connectivity index (χ0v) is 14.4. The number of rotatable bonds is 2. The topological polar surface area (TPSA) is 65.1 Å². The van der Waals surface area contributed by atoms with E-state index >= 15 is 0 Å². The Kier molecular flexibility index (Phi) is 4.00. The van der Waals surface area contributed by atoms with Crippen molar-refractivity contribution >= 4 is 16.7 Å². The van der Waals surface area contributed by atoms with E-state index in [0.29, 0.717) is 29.0 Å². The largest absolute Gasteiger partial charge is 0.353 e. The molecule has 6 nitrogen and oxygen atoms in total. The summed E-state index contributed by atoms with van der Waals surface area (Å²) in [6.45, 7) is 6.64. The highest BCUT2D eigenvalue weighted by Gasteiger charge is 2.35. The summed E-state index contributed by atoms with van der Waals surface area (Å²) in [6.07, 6.45) is 8.18. The highest BCUT2D eigenvalue weighted by atomic mass is 16.1. The van der Waals surface area contributed by atoms with Crippen molar-refractivity contribution in [2.75, 3.05) is 18.0 Å². The minimum absolute atomic E-state index is 0.0982. The van der Waals surface area contributed by atoms with E-state index in [1.807, 2.05) is 0 Å². The Hall–Kier alpha value is -1.95. The molecule has 0 spiro atoms. The van der Waals surface area contributed by atoms with Crippen LogP contribution >= 0.6 is 0 Å². The Labute approximate surface area is 141 Å². The van der Waals surface area contributed by atoms with Crippen molar-refractivity contribution in [3.63, 3.8) is 0 Å². The lowest BCUT2D eigenvalue weighted by atomic mass is 10.0. The first kappa shape index (κ1) is 15.6. The summed E-state index contributed by atoms with van der Waals surface area (Å²) < 4.78 is 0. The number of piperidine rings is 1. The van der Waals surface area contributed by atoms with Gasteiger partial charge in [0.25, 0.3) is 5.56 Å². The van der Waals surface area contributed by atoms with Crippen molar-refractivity contribution in [3.8, 4) is 0 Å². The third-order valence-electron chi connectivity index (χ3n) is 5.68. The molecule has 2 aromatic heterocycles. The predicted octanol–water partition coefficient (Wildman–Crippen LogP) is 2.16. The molecule has 3 unspecified atom stereocenters. The quantitative estimate of drug-likeness (QED) is 0.916. The molecule has 0 bridgehead atoms. The van der Waals surface area contributed by atoms with Crippen LogP contribution in [0.2, 0.25) is 0 Å². The van der Waals surface area contributed by atoms with Gasteiger partial charge in [-0.3, -0.25) is 9.69 Å². The number of aromatic nitrogens is 3. The summed E-state index contributed by atoms with van der Waals surface area (Å²) in [5.74, 6) is 0.850. The van der Waals surface area contributed by atoms with Crippen LogP contribution in [0, 0.1) is 0 Å². The van der Waals surface area contributed by atoms with Crippen LogP contribution < -0.4 is 10.5 Å². The predicted molar refractivity (Wildman–Crippen MR) is 95.4 cm³/mol. The minimum Gasteiger partial charge on any atom is -0.353 e. The van der Waals surface area contributed by atoms with Gasteiger partial charge in [-0.25, -0.2) is 9.97 Å². The molecule has 2 aliphatic rings. The number of H-pyrrole nitrogens is 1. The standard InChI is InChI=1S/C18H25N5O/c1-12-5-6-13(2)23(12)14-4-3-9-22(10-14)17-16-15(7-8-19-17)18(24)21-11-20-16/h7-8,11-14H,3-6,9-10H2,1-2H3,(H,20,21,24). The maximum Gasteiger partial charge on any atom is 0.258 e. The molecule has 2 fully saturated rings. The van der Waals surface area contributed by atoms with Crippen molar-refractivity contribution in [2.45, 2.75) is 57.7 Å². The van der Waals surface area contributed by atoms with E-state index in [1.165, 1.54) is 25.6 Å². The number of aromatic amines is 1. The molecule has 0 saturated carbocycles. The maximum atomic E-state index is 12.0. The molecule has 3 atom stereocenters. The Bertz CT molecular complexity index is 778. The monoisotopic (exact) mass is 327 g/mol. The van der Waals surface area contributed by atoms with Gasteiger partial charge in [0.2, 0.25) is 0 Å². The molecule has 2 aromatic rings. The van der Waals surface area contributed by atoms with E-state index in [2.05, 4.69) is 38.6 Å². The molecule has 0 radical (unpaired) electrons. The first-order chi connectivity index (χ1) is 11.6. The van der Waals surface area contributed by atoms with Gasteiger partial charge in [-0.1, -0.05) is 0 Å². The maximum absolute atomic E-state index is 12.0. The summed E-state index contributed by atoms with van der Waals surface area (Å²) in [4.78, 5) is 28.6. The van der Waals surface area contributed by atoms with E-state index < -0.39 is 0 Å². The van der Waals surface area contributed by atoms with E-state index in [-0.39, 0.29) is 5.56 Å². The van der Waals surface area contributed by atoms with Crippen molar-refractivity contribution in [1.82, 2.24) is 19.9 Å². The van der Waals surface area contributed by atoms with Crippen molar-refractivity contribution in [1.29, 1.82) is 0 Å². The highest BCUT2D eigenvalue weighted by molar-refractivity contribution is 5.87. The second-order valence-corrected chi connectivity index (χ2v) is 7.23. The van der Waals surface area contributed by atoms with E-state index in [0.717, 1.165) is 25.3 Å². The van der Waals surface area contributed by atoms with Crippen LogP contribution in [0.25, 0.3) is 10.9 Å². The van der Waals surface area contributed by atoms with Crippen molar-refractivity contribution < 1.29 is 0 Å². The van der Waals surface area contributed by atoms with Gasteiger partial charge in [0.15, 0.2) is 5.82 Å². The molecule has 24 heavy (non-hydrogen) atoms. The zero-order chi connectivity index (χ0) is 16.7. The van der Waals surface area contributed by atoms with E-state index in [4.69, 9.17) is 0 Å². The summed E-state index contributed by atoms with van der Waals surface area (Å²) in [5, 5.41) is 0.618. The van der Waals surface area contributed by atoms with Crippen LogP contribution in [0.1, 0.15) is 39.5 Å². The van der Waals surface area contributed by atoms with E-state index in [1.54, 1.807) is 12.3 Å². The molecule has 2 aliphatic heterocycles. The summed E-state index contributed by atoms with van der Waals surface area (Å²) >= 11 is 0. The molecule has 6 heteroatoms. The minimum atomic E-state index is -0.0982. The second kappa shape index (κ2) is 6.16. The number of pyridine rings is 1. The summed E-state index contributed by atoms with van der Waals surface area (Å²) in [7, 11) is 0. The molecule has 0 aromatic carbocycles. The van der Waals surface area contributed by atoms with Crippen LogP contribution in [0.15, 0.2) is 23.4 Å². The lowest BCUT2D eigenvalue weighted by Gasteiger charge is -2.42. The molecule has 0 amide bonds. The van der Waals surface area contributed by atoms with Gasteiger partial charge < -0.3 is 9.88 Å². The third kappa shape index (κ3) is 2.59. The SMILES string of the molecule is CC1CCC(C)N1C1CCCN(c2nccc3c(=O)[nH]cnc23)C1. The first-order valence-corrected chi connectivity index (χ1v) is 9.00. The number of likely N-dealkylation sites (tertiary alicyclic amines) is 1. The van der Waals surface area contributed by atoms with Crippen molar-refractivity contribution in [2.24, 2.45) is 0 Å². The highest BCUT2D eigenvalue weighted by Crippen LogP contribution is 2.31. The van der Waals surface area contributed by atoms with Gasteiger partial charge in [-0.15, -0.1) is 0 Å². The first-order valence-electron chi connectivity index (χ1n) is 9.00. The normalized spacial score (nSPS) is 28.6. The molecule has 2 saturated heterocycles. The number of anilines is 1. The lowest BCUT2D eigenvalue weighted by Crippen LogP contribution is -2.51. The number of nitrogens with one attached hydrogen (secondary N) is 1. The molecular formula is C18H25N5O. The Balaban J connectivity index is 1.65. The average molecular weight is 327 g/mol. The fourth-order valence-electron chi connectivity index (χ4n) is 4.54. The van der Waals surface area contributed by atoms with Crippen LogP contribution in [-0.4, -0.2) is 51.1 Å². The van der Waals surface area contributed by atoms with Crippen LogP contribution in [0.3, 0.4) is 0 Å². The Morgan fingerprint density at radius 2 is 1.96 bits per heavy atom. The van der Waals surface area contributed by atoms with Gasteiger partial charge in [-0.2, -0.15) is 0 Å². The number of hydrogen-bond acceptors (Lipinski definition) is 5. The average Bonchev–Trinajstić information content (AvgIpc) is 2.93. The molecular weight excluding hydrogens is 302 g/mol. The number of fused-ring (bicyclic) bond motifs is 1. The molecule has 0 aliphatic carbocycles. The van der Waals surface area contributed by atoms with Crippen LogP contribution in [0.4, 0.5) is 5.82 Å². The van der Waals surface area contributed by atoms with Gasteiger partial charge in [0.05, 0.1) is 11.7 Å². The molecule has 4 heterocycles. The van der Waals surface area contributed by atoms with Crippen LogP contribution in [0.5, 0.6) is 0 Å². The molecule has 1 N–H and O–H groups in total. The smallest absolute Gasteiger partial charge is 0.258 e. The van der Waals surface area contributed by atoms with Gasteiger partial charge in [0, 0.05) is 37.4 Å². The molecule has 128 valence electrons. The lowest BCUT2D eigenvalue weighted by molar-refractivity contribution is 0.129. The van der Waals surface area contributed by atoms with Gasteiger partial charge in [0.1, 0.15) is 5.52 Å². The fraction of sp³-hybridized carbons (Fsp3) is 0.611. The number of nitrogens with zero attached hydrogens (tertiary/aromatic N) is 4. The zero-order valence-electron chi connectivity index (χ0n) is 14.4. The Morgan fingerprint density at radius 1 is 1.17 bits per heavy atom. The van der Waals surface area contributed by atoms with Gasteiger partial charge in [-0.05, 0) is 45.6 Å². The van der Waals surface area contributed by atoms with Crippen molar-refractivity contribution in [3.05, 3.63) is 28.9 Å². The van der Waals surface area contributed by atoms with Gasteiger partial charge >= 0.3 is 0 Å². The Morgan fingerprint density at radius 3 is 2.75 bits per heavy atom. The molecule has 4 rings (SSSR count). The van der Waals surface area contributed by atoms with Crippen LogP contribution in [-0.2, 0) is 0 Å². The fourth-order valence-corrected chi connectivity index (χ4v) is 4.54. The van der Waals surface area contributed by atoms with E-state index in [9.17, 15) is 4.79 Å². The summed E-state index contributed by atoms with van der Waals surface area (Å²) in [5.41, 5.74) is 0.614. The third-order valence-corrected chi connectivity index (χ3v) is 5.68. The second-order valence-electron chi connectivity index (χ2n) is 7.23. The summed E-state index contributed by atoms with van der Waals surface area (Å²) in [6, 6.07) is 3.62. The number of hydrogen-bond donors (Lipinski definition) is 1.